The van der Waals surface area contributed by atoms with Gasteiger partial charge in [0.2, 0.25) is 5.91 Å². The second kappa shape index (κ2) is 11.9. The van der Waals surface area contributed by atoms with E-state index < -0.39 is 17.8 Å². The molecular weight excluding hydrogens is 464 g/mol. The van der Waals surface area contributed by atoms with E-state index in [-0.39, 0.29) is 17.4 Å². The van der Waals surface area contributed by atoms with E-state index >= 15 is 0 Å². The van der Waals surface area contributed by atoms with Crippen LogP contribution in [0.15, 0.2) is 71.8 Å². The first-order chi connectivity index (χ1) is 17.3. The summed E-state index contributed by atoms with van der Waals surface area (Å²) in [6, 6.07) is 18.0. The van der Waals surface area contributed by atoms with Crippen LogP contribution in [0.1, 0.15) is 28.4 Å². The summed E-state index contributed by atoms with van der Waals surface area (Å²) in [6.45, 7) is 3.19. The molecule has 0 aliphatic rings. The summed E-state index contributed by atoms with van der Waals surface area (Å²) in [5, 5.41) is 8.80. The van der Waals surface area contributed by atoms with E-state index in [1.54, 1.807) is 48.5 Å². The third kappa shape index (κ3) is 7.00. The fraction of sp³-hybridized carbons (Fsp3) is 0.115. The molecule has 184 valence electrons. The van der Waals surface area contributed by atoms with Crippen LogP contribution in [0.4, 0.5) is 11.4 Å². The second-order valence-corrected chi connectivity index (χ2v) is 7.53. The lowest BCUT2D eigenvalue weighted by Gasteiger charge is -2.11. The van der Waals surface area contributed by atoms with Crippen molar-refractivity contribution in [2.75, 3.05) is 17.7 Å². The zero-order chi connectivity index (χ0) is 26.1. The summed E-state index contributed by atoms with van der Waals surface area (Å²) in [4.78, 5) is 47.6. The Balaban J connectivity index is 1.57. The topological polar surface area (TPSA) is 135 Å². The molecule has 36 heavy (non-hydrogen) atoms. The van der Waals surface area contributed by atoms with Crippen molar-refractivity contribution < 1.29 is 28.7 Å². The predicted molar refractivity (Wildman–Crippen MR) is 134 cm³/mol. The highest BCUT2D eigenvalue weighted by Gasteiger charge is 2.15. The van der Waals surface area contributed by atoms with Crippen molar-refractivity contribution in [3.63, 3.8) is 0 Å². The summed E-state index contributed by atoms with van der Waals surface area (Å²) < 4.78 is 10.8. The Morgan fingerprint density at radius 2 is 1.50 bits per heavy atom. The third-order valence-electron chi connectivity index (χ3n) is 4.80. The number of methoxy groups -OCH3 is 1. The number of nitrogens with zero attached hydrogens (tertiary/aromatic N) is 1. The van der Waals surface area contributed by atoms with Crippen LogP contribution in [-0.2, 0) is 14.4 Å². The van der Waals surface area contributed by atoms with Gasteiger partial charge in [0, 0.05) is 18.3 Å². The Morgan fingerprint density at radius 1 is 0.833 bits per heavy atom. The van der Waals surface area contributed by atoms with Crippen LogP contribution >= 0.6 is 0 Å². The zero-order valence-corrected chi connectivity index (χ0v) is 19.8. The number of amides is 3. The van der Waals surface area contributed by atoms with E-state index in [0.29, 0.717) is 22.5 Å². The van der Waals surface area contributed by atoms with Crippen molar-refractivity contribution in [3.8, 4) is 11.5 Å². The number of hydrazone groups is 1. The van der Waals surface area contributed by atoms with Crippen LogP contribution < -0.4 is 25.5 Å². The highest BCUT2D eigenvalue weighted by atomic mass is 16.6. The van der Waals surface area contributed by atoms with E-state index in [0.717, 1.165) is 5.56 Å². The van der Waals surface area contributed by atoms with Gasteiger partial charge >= 0.3 is 17.8 Å². The molecule has 0 heterocycles. The van der Waals surface area contributed by atoms with Gasteiger partial charge in [0.25, 0.3) is 0 Å². The van der Waals surface area contributed by atoms with E-state index in [2.05, 4.69) is 21.2 Å². The number of benzene rings is 3. The van der Waals surface area contributed by atoms with Crippen molar-refractivity contribution in [2.45, 2.75) is 13.8 Å². The number of esters is 1. The molecule has 3 rings (SSSR count). The lowest BCUT2D eigenvalue weighted by Crippen LogP contribution is -2.32. The fourth-order valence-electron chi connectivity index (χ4n) is 3.05. The highest BCUT2D eigenvalue weighted by Crippen LogP contribution is 2.28. The SMILES string of the molecule is COc1cc(C=NNC(=O)C(=O)Nc2ccc(NC(C)=O)cc2)ccc1OC(=O)c1ccccc1C. The van der Waals surface area contributed by atoms with Gasteiger partial charge < -0.3 is 20.1 Å². The van der Waals surface area contributed by atoms with Gasteiger partial charge in [-0.05, 0) is 66.6 Å². The van der Waals surface area contributed by atoms with Crippen LogP contribution in [0.2, 0.25) is 0 Å². The molecule has 0 aromatic heterocycles. The summed E-state index contributed by atoms with van der Waals surface area (Å²) in [5.74, 6) is -2.14. The maximum absolute atomic E-state index is 12.5. The van der Waals surface area contributed by atoms with Crippen molar-refractivity contribution in [3.05, 3.63) is 83.4 Å². The van der Waals surface area contributed by atoms with Gasteiger partial charge in [-0.25, -0.2) is 10.2 Å². The minimum atomic E-state index is -0.979. The average molecular weight is 489 g/mol. The molecule has 3 aromatic carbocycles. The normalized spacial score (nSPS) is 10.4. The standard InChI is InChI=1S/C26H24N4O6/c1-16-6-4-5-7-21(16)26(34)36-22-13-8-18(14-23(22)35-3)15-27-30-25(33)24(32)29-20-11-9-19(10-12-20)28-17(2)31/h4-15H,1-3H3,(H,28,31)(H,29,32)(H,30,33). The van der Waals surface area contributed by atoms with E-state index in [4.69, 9.17) is 9.47 Å². The van der Waals surface area contributed by atoms with Gasteiger partial charge in [-0.3, -0.25) is 14.4 Å². The van der Waals surface area contributed by atoms with Gasteiger partial charge in [-0.2, -0.15) is 5.10 Å². The Kier molecular flexibility index (Phi) is 8.49. The van der Waals surface area contributed by atoms with E-state index in [1.165, 1.54) is 26.3 Å². The number of rotatable bonds is 7. The van der Waals surface area contributed by atoms with Crippen LogP contribution in [0.3, 0.4) is 0 Å². The first-order valence-corrected chi connectivity index (χ1v) is 10.7. The maximum atomic E-state index is 12.5. The molecule has 0 fully saturated rings. The first kappa shape index (κ1) is 25.6. The monoisotopic (exact) mass is 488 g/mol. The highest BCUT2D eigenvalue weighted by molar-refractivity contribution is 6.39. The molecule has 0 unspecified atom stereocenters. The molecule has 10 nitrogen and oxygen atoms in total. The van der Waals surface area contributed by atoms with Gasteiger partial charge in [0.05, 0.1) is 18.9 Å². The van der Waals surface area contributed by atoms with Gasteiger partial charge in [0.15, 0.2) is 11.5 Å². The Bertz CT molecular complexity index is 1320. The van der Waals surface area contributed by atoms with Crippen LogP contribution in [0, 0.1) is 6.92 Å². The molecular formula is C26H24N4O6. The average Bonchev–Trinajstić information content (AvgIpc) is 2.85. The van der Waals surface area contributed by atoms with Gasteiger partial charge in [-0.15, -0.1) is 0 Å². The van der Waals surface area contributed by atoms with Crippen molar-refractivity contribution in [2.24, 2.45) is 5.10 Å². The molecule has 0 aliphatic heterocycles. The Hall–Kier alpha value is -4.99. The largest absolute Gasteiger partial charge is 0.493 e. The number of hydrogen-bond donors (Lipinski definition) is 3. The predicted octanol–water partition coefficient (Wildman–Crippen LogP) is 3.27. The van der Waals surface area contributed by atoms with Crippen LogP contribution in [0.5, 0.6) is 11.5 Å². The van der Waals surface area contributed by atoms with Crippen LogP contribution in [0.25, 0.3) is 0 Å². The number of ether oxygens (including phenoxy) is 2. The molecule has 3 amide bonds. The van der Waals surface area contributed by atoms with Crippen LogP contribution in [-0.4, -0.2) is 37.0 Å². The number of aryl methyl sites for hydroxylation is 1. The van der Waals surface area contributed by atoms with Crippen molar-refractivity contribution in [1.29, 1.82) is 0 Å². The van der Waals surface area contributed by atoms with Crippen molar-refractivity contribution in [1.82, 2.24) is 5.43 Å². The lowest BCUT2D eigenvalue weighted by atomic mass is 10.1. The molecule has 3 N–H and O–H groups in total. The van der Waals surface area contributed by atoms with E-state index in [1.807, 2.05) is 19.1 Å². The first-order valence-electron chi connectivity index (χ1n) is 10.7. The molecule has 3 aromatic rings. The molecule has 0 radical (unpaired) electrons. The minimum absolute atomic E-state index is 0.218. The van der Waals surface area contributed by atoms with Crippen molar-refractivity contribution >= 4 is 41.3 Å². The third-order valence-corrected chi connectivity index (χ3v) is 4.80. The fourth-order valence-corrected chi connectivity index (χ4v) is 3.05. The number of nitrogens with one attached hydrogen (secondary N) is 3. The quantitative estimate of drug-likeness (QED) is 0.154. The van der Waals surface area contributed by atoms with E-state index in [9.17, 15) is 19.2 Å². The maximum Gasteiger partial charge on any atom is 0.343 e. The summed E-state index contributed by atoms with van der Waals surface area (Å²) in [5.41, 5.74) is 4.81. The number of carbonyl (C=O) groups excluding carboxylic acids is 4. The Labute approximate surface area is 207 Å². The molecule has 10 heteroatoms. The minimum Gasteiger partial charge on any atom is -0.493 e. The number of hydrogen-bond acceptors (Lipinski definition) is 7. The molecule has 0 atom stereocenters. The molecule has 0 saturated carbocycles. The number of carbonyl (C=O) groups is 4. The summed E-state index contributed by atoms with van der Waals surface area (Å²) in [7, 11) is 1.43. The molecule has 0 bridgehead atoms. The number of anilines is 2. The smallest absolute Gasteiger partial charge is 0.343 e. The second-order valence-electron chi connectivity index (χ2n) is 7.53. The van der Waals surface area contributed by atoms with Gasteiger partial charge in [-0.1, -0.05) is 18.2 Å². The zero-order valence-electron chi connectivity index (χ0n) is 19.8. The summed E-state index contributed by atoms with van der Waals surface area (Å²) >= 11 is 0. The molecule has 0 saturated heterocycles. The molecule has 0 aliphatic carbocycles. The summed E-state index contributed by atoms with van der Waals surface area (Å²) in [6.07, 6.45) is 1.31. The molecule has 0 spiro atoms. The Morgan fingerprint density at radius 3 is 2.14 bits per heavy atom. The van der Waals surface area contributed by atoms with Gasteiger partial charge in [0.1, 0.15) is 0 Å². The lowest BCUT2D eigenvalue weighted by molar-refractivity contribution is -0.136.